The van der Waals surface area contributed by atoms with Crippen LogP contribution in [0, 0.1) is 51.4 Å². The van der Waals surface area contributed by atoms with Crippen molar-refractivity contribution in [3.63, 3.8) is 0 Å². The van der Waals surface area contributed by atoms with Crippen molar-refractivity contribution in [1.82, 2.24) is 5.01 Å². The van der Waals surface area contributed by atoms with E-state index >= 15 is 0 Å². The Morgan fingerprint density at radius 3 is 2.42 bits per heavy atom. The standard InChI is InChI=1S/C22H16FN3O5/c23-10-1-3-14(17(7-10)26(29)30)18-6-2-11(31-18)9-24-25-21(27)19-12-4-5-13(16-8-15(12)16)20(19)22(25)28/h1-7,9,12-13,15-16,19-20H,8H2/b24-9-/t12-,13-,15-,16-,19+,20+/m1/s1. The Labute approximate surface area is 175 Å². The largest absolute Gasteiger partial charge is 0.455 e. The molecule has 1 saturated heterocycles. The second kappa shape index (κ2) is 6.19. The number of hydrogen-bond acceptors (Lipinski definition) is 6. The quantitative estimate of drug-likeness (QED) is 0.247. The minimum Gasteiger partial charge on any atom is -0.455 e. The van der Waals surface area contributed by atoms with Crippen molar-refractivity contribution in [3.8, 4) is 11.3 Å². The van der Waals surface area contributed by atoms with Gasteiger partial charge in [0, 0.05) is 0 Å². The van der Waals surface area contributed by atoms with Crippen molar-refractivity contribution in [2.24, 2.45) is 40.6 Å². The van der Waals surface area contributed by atoms with E-state index in [1.807, 2.05) is 0 Å². The first-order valence-electron chi connectivity index (χ1n) is 10.1. The van der Waals surface area contributed by atoms with Crippen molar-refractivity contribution in [2.45, 2.75) is 6.42 Å². The number of nitro groups is 1. The number of carbonyl (C=O) groups is 2. The molecule has 2 heterocycles. The number of furan rings is 1. The van der Waals surface area contributed by atoms with E-state index in [1.165, 1.54) is 24.4 Å². The lowest BCUT2D eigenvalue weighted by Gasteiger charge is -2.37. The van der Waals surface area contributed by atoms with E-state index < -0.39 is 16.4 Å². The maximum absolute atomic E-state index is 13.4. The van der Waals surface area contributed by atoms with Gasteiger partial charge in [-0.2, -0.15) is 10.1 Å². The lowest BCUT2D eigenvalue weighted by Crippen LogP contribution is -2.40. The second-order valence-electron chi connectivity index (χ2n) is 8.51. The fourth-order valence-electron chi connectivity index (χ4n) is 5.60. The fraction of sp³-hybridized carbons (Fsp3) is 0.318. The Morgan fingerprint density at radius 1 is 1.10 bits per heavy atom. The topological polar surface area (TPSA) is 106 Å². The summed E-state index contributed by atoms with van der Waals surface area (Å²) in [6.45, 7) is 0. The van der Waals surface area contributed by atoms with Crippen LogP contribution < -0.4 is 0 Å². The molecular formula is C22H16FN3O5. The molecule has 2 aromatic rings. The average Bonchev–Trinajstić information content (AvgIpc) is 3.39. The fourth-order valence-corrected chi connectivity index (χ4v) is 5.60. The van der Waals surface area contributed by atoms with Crippen LogP contribution in [0.25, 0.3) is 11.3 Å². The number of carbonyl (C=O) groups excluding carboxylic acids is 2. The molecule has 1 aliphatic heterocycles. The molecule has 1 aromatic heterocycles. The minimum atomic E-state index is -0.725. The minimum absolute atomic E-state index is 0.117. The van der Waals surface area contributed by atoms with Crippen molar-refractivity contribution in [2.75, 3.05) is 0 Å². The monoisotopic (exact) mass is 421 g/mol. The zero-order chi connectivity index (χ0) is 21.4. The van der Waals surface area contributed by atoms with Gasteiger partial charge in [0.15, 0.2) is 0 Å². The van der Waals surface area contributed by atoms with Gasteiger partial charge in [0.05, 0.1) is 34.6 Å². The first-order valence-corrected chi connectivity index (χ1v) is 10.1. The van der Waals surface area contributed by atoms with Crippen LogP contribution in [0.5, 0.6) is 0 Å². The molecular weight excluding hydrogens is 405 g/mol. The summed E-state index contributed by atoms with van der Waals surface area (Å²) >= 11 is 0. The highest BCUT2D eigenvalue weighted by atomic mass is 19.1. The number of halogens is 1. The summed E-state index contributed by atoms with van der Waals surface area (Å²) in [7, 11) is 0. The molecule has 156 valence electrons. The summed E-state index contributed by atoms with van der Waals surface area (Å²) in [4.78, 5) is 36.4. The van der Waals surface area contributed by atoms with Gasteiger partial charge in [0.2, 0.25) is 0 Å². The van der Waals surface area contributed by atoms with Crippen LogP contribution in [0.2, 0.25) is 0 Å². The number of benzene rings is 1. The molecule has 0 unspecified atom stereocenters. The van der Waals surface area contributed by atoms with Crippen LogP contribution in [0.1, 0.15) is 12.2 Å². The van der Waals surface area contributed by atoms with Gasteiger partial charge in [-0.1, -0.05) is 12.2 Å². The van der Waals surface area contributed by atoms with Gasteiger partial charge in [-0.25, -0.2) is 4.39 Å². The van der Waals surface area contributed by atoms with Gasteiger partial charge >= 0.3 is 0 Å². The van der Waals surface area contributed by atoms with Crippen LogP contribution in [-0.4, -0.2) is 28.0 Å². The van der Waals surface area contributed by atoms with E-state index in [0.717, 1.165) is 23.6 Å². The van der Waals surface area contributed by atoms with E-state index in [9.17, 15) is 24.1 Å². The van der Waals surface area contributed by atoms with Gasteiger partial charge in [0.25, 0.3) is 17.5 Å². The normalized spacial score (nSPS) is 32.6. The number of allylic oxidation sites excluding steroid dienone is 2. The first kappa shape index (κ1) is 18.2. The highest BCUT2D eigenvalue weighted by Gasteiger charge is 2.67. The lowest BCUT2D eigenvalue weighted by molar-refractivity contribution is -0.384. The van der Waals surface area contributed by atoms with Crippen molar-refractivity contribution in [3.05, 3.63) is 64.2 Å². The van der Waals surface area contributed by atoms with Gasteiger partial charge in [-0.15, -0.1) is 0 Å². The molecule has 3 fully saturated rings. The molecule has 0 radical (unpaired) electrons. The Morgan fingerprint density at radius 2 is 1.77 bits per heavy atom. The molecule has 0 spiro atoms. The Hall–Kier alpha value is -3.62. The van der Waals surface area contributed by atoms with Gasteiger partial charge in [-0.3, -0.25) is 19.7 Å². The molecule has 6 atom stereocenters. The van der Waals surface area contributed by atoms with Crippen molar-refractivity contribution in [1.29, 1.82) is 0 Å². The predicted octanol–water partition coefficient (Wildman–Crippen LogP) is 3.38. The molecule has 2 saturated carbocycles. The number of nitrogens with zero attached hydrogens (tertiary/aromatic N) is 3. The lowest BCUT2D eigenvalue weighted by atomic mass is 9.63. The number of hydrogen-bond donors (Lipinski definition) is 0. The summed E-state index contributed by atoms with van der Waals surface area (Å²) in [6, 6.07) is 6.20. The number of nitro benzene ring substituents is 1. The molecule has 0 N–H and O–H groups in total. The smallest absolute Gasteiger partial charge is 0.283 e. The Kier molecular flexibility index (Phi) is 3.63. The molecule has 8 nitrogen and oxygen atoms in total. The molecule has 1 aromatic carbocycles. The number of rotatable bonds is 4. The van der Waals surface area contributed by atoms with Crippen LogP contribution >= 0.6 is 0 Å². The van der Waals surface area contributed by atoms with Crippen LogP contribution in [0.3, 0.4) is 0 Å². The summed E-state index contributed by atoms with van der Waals surface area (Å²) in [5.41, 5.74) is -0.305. The average molecular weight is 421 g/mol. The molecule has 5 aliphatic rings. The van der Waals surface area contributed by atoms with E-state index in [4.69, 9.17) is 4.42 Å². The highest BCUT2D eigenvalue weighted by molar-refractivity contribution is 6.06. The molecule has 31 heavy (non-hydrogen) atoms. The van der Waals surface area contributed by atoms with Gasteiger partial charge < -0.3 is 4.42 Å². The second-order valence-corrected chi connectivity index (χ2v) is 8.51. The molecule has 4 aliphatic carbocycles. The van der Waals surface area contributed by atoms with E-state index in [-0.39, 0.29) is 52.6 Å². The molecule has 2 bridgehead atoms. The SMILES string of the molecule is O=C1[C@H]2[C@@H]3C=C[C@H]([C@H]4C[C@H]34)[C@@H]2C(=O)N1/N=C\c1ccc(-c2ccc(F)cc2[N+](=O)[O-])o1. The third-order valence-electron chi connectivity index (χ3n) is 6.99. The highest BCUT2D eigenvalue weighted by Crippen LogP contribution is 2.65. The first-order chi connectivity index (χ1) is 14.9. The van der Waals surface area contributed by atoms with E-state index in [0.29, 0.717) is 11.8 Å². The third-order valence-corrected chi connectivity index (χ3v) is 6.99. The molecule has 9 heteroatoms. The summed E-state index contributed by atoms with van der Waals surface area (Å²) < 4.78 is 19.0. The Bertz CT molecular complexity index is 1180. The summed E-state index contributed by atoms with van der Waals surface area (Å²) in [5, 5.41) is 16.2. The zero-order valence-corrected chi connectivity index (χ0v) is 16.1. The Balaban J connectivity index is 1.26. The number of amides is 2. The van der Waals surface area contributed by atoms with Gasteiger partial charge in [-0.05, 0) is 54.4 Å². The van der Waals surface area contributed by atoms with Crippen LogP contribution in [-0.2, 0) is 9.59 Å². The van der Waals surface area contributed by atoms with Crippen LogP contribution in [0.4, 0.5) is 10.1 Å². The zero-order valence-electron chi connectivity index (χ0n) is 16.1. The van der Waals surface area contributed by atoms with Crippen molar-refractivity contribution < 1.29 is 23.3 Å². The molecule has 2 amide bonds. The van der Waals surface area contributed by atoms with Crippen molar-refractivity contribution >= 4 is 23.7 Å². The summed E-state index contributed by atoms with van der Waals surface area (Å²) in [6.07, 6.45) is 6.52. The molecule has 7 rings (SSSR count). The maximum atomic E-state index is 13.4. The number of imide groups is 1. The van der Waals surface area contributed by atoms with E-state index in [2.05, 4.69) is 17.3 Å². The van der Waals surface area contributed by atoms with Gasteiger partial charge in [0.1, 0.15) is 17.3 Å². The predicted molar refractivity (Wildman–Crippen MR) is 105 cm³/mol. The maximum Gasteiger partial charge on any atom is 0.283 e. The summed E-state index contributed by atoms with van der Waals surface area (Å²) in [5.74, 6) is -0.332. The van der Waals surface area contributed by atoms with Crippen LogP contribution in [0.15, 0.2) is 52.0 Å². The number of hydrazone groups is 1. The van der Waals surface area contributed by atoms with E-state index in [1.54, 1.807) is 0 Å². The third kappa shape index (κ3) is 2.55.